The predicted molar refractivity (Wildman–Crippen MR) is 90.5 cm³/mol. The average molecular weight is 333 g/mol. The van der Waals surface area contributed by atoms with E-state index in [-0.39, 0.29) is 11.7 Å². The van der Waals surface area contributed by atoms with Gasteiger partial charge in [-0.15, -0.1) is 0 Å². The normalized spacial score (nSPS) is 10.7. The van der Waals surface area contributed by atoms with Crippen molar-refractivity contribution in [1.29, 1.82) is 0 Å². The molecule has 1 amide bonds. The molecule has 2 N–H and O–H groups in total. The highest BCUT2D eigenvalue weighted by Gasteiger charge is 2.10. The van der Waals surface area contributed by atoms with Gasteiger partial charge in [-0.05, 0) is 43.7 Å². The summed E-state index contributed by atoms with van der Waals surface area (Å²) in [5.41, 5.74) is 3.99. The number of hydrogen-bond donors (Lipinski definition) is 2. The smallest absolute Gasteiger partial charge is 0.271 e. The molecule has 0 aliphatic rings. The van der Waals surface area contributed by atoms with Crippen molar-refractivity contribution in [3.05, 3.63) is 58.1 Å². The van der Waals surface area contributed by atoms with Crippen molar-refractivity contribution in [2.24, 2.45) is 5.10 Å². The van der Waals surface area contributed by atoms with Crippen LogP contribution in [0.3, 0.4) is 0 Å². The Bertz CT molecular complexity index is 745. The van der Waals surface area contributed by atoms with Crippen molar-refractivity contribution in [1.82, 2.24) is 5.43 Å². The third kappa shape index (κ3) is 4.02. The SMILES string of the molecule is CCOc1cccc(/C=N/NC(=O)c2cccc(Cl)c2C)c1O. The van der Waals surface area contributed by atoms with Crippen molar-refractivity contribution in [3.8, 4) is 11.5 Å². The zero-order valence-corrected chi connectivity index (χ0v) is 13.6. The number of ether oxygens (including phenoxy) is 1. The monoisotopic (exact) mass is 332 g/mol. The first kappa shape index (κ1) is 16.8. The minimum absolute atomic E-state index is 0.0220. The standard InChI is InChI=1S/C17H17ClN2O3/c1-3-23-15-9-4-6-12(16(15)21)10-19-20-17(22)13-7-5-8-14(18)11(13)2/h4-10,21H,3H2,1-2H3,(H,20,22)/b19-10+. The number of amides is 1. The van der Waals surface area contributed by atoms with Gasteiger partial charge < -0.3 is 9.84 Å². The summed E-state index contributed by atoms with van der Waals surface area (Å²) in [5, 5.41) is 14.4. The first-order chi connectivity index (χ1) is 11.0. The summed E-state index contributed by atoms with van der Waals surface area (Å²) in [7, 11) is 0. The lowest BCUT2D eigenvalue weighted by molar-refractivity contribution is 0.0954. The number of hydrazone groups is 1. The molecule has 0 aromatic heterocycles. The minimum atomic E-state index is -0.373. The second-order valence-electron chi connectivity index (χ2n) is 4.74. The summed E-state index contributed by atoms with van der Waals surface area (Å²) < 4.78 is 5.29. The third-order valence-corrected chi connectivity index (χ3v) is 3.62. The van der Waals surface area contributed by atoms with E-state index >= 15 is 0 Å². The Morgan fingerprint density at radius 3 is 2.83 bits per heavy atom. The number of para-hydroxylation sites is 1. The summed E-state index contributed by atoms with van der Waals surface area (Å²) in [4.78, 5) is 12.1. The highest BCUT2D eigenvalue weighted by atomic mass is 35.5. The highest BCUT2D eigenvalue weighted by Crippen LogP contribution is 2.28. The molecule has 0 atom stereocenters. The molecule has 2 aromatic rings. The number of hydrogen-bond acceptors (Lipinski definition) is 4. The molecule has 0 spiro atoms. The largest absolute Gasteiger partial charge is 0.504 e. The van der Waals surface area contributed by atoms with Crippen molar-refractivity contribution in [2.45, 2.75) is 13.8 Å². The van der Waals surface area contributed by atoms with Gasteiger partial charge in [0.25, 0.3) is 5.91 Å². The van der Waals surface area contributed by atoms with Crippen molar-refractivity contribution in [2.75, 3.05) is 6.61 Å². The van der Waals surface area contributed by atoms with Crippen LogP contribution in [0.25, 0.3) is 0 Å². The molecule has 0 radical (unpaired) electrons. The van der Waals surface area contributed by atoms with Crippen LogP contribution < -0.4 is 10.2 Å². The zero-order chi connectivity index (χ0) is 16.8. The Morgan fingerprint density at radius 2 is 2.09 bits per heavy atom. The maximum absolute atomic E-state index is 12.1. The van der Waals surface area contributed by atoms with Crippen LogP contribution in [0.2, 0.25) is 5.02 Å². The van der Waals surface area contributed by atoms with E-state index < -0.39 is 0 Å². The summed E-state index contributed by atoms with van der Waals surface area (Å²) in [6, 6.07) is 10.1. The summed E-state index contributed by atoms with van der Waals surface area (Å²) in [5.74, 6) is -0.0264. The lowest BCUT2D eigenvalue weighted by atomic mass is 10.1. The fourth-order valence-corrected chi connectivity index (χ4v) is 2.16. The summed E-state index contributed by atoms with van der Waals surface area (Å²) in [6.07, 6.45) is 1.36. The van der Waals surface area contributed by atoms with Gasteiger partial charge in [0.05, 0.1) is 12.8 Å². The number of halogens is 1. The summed E-state index contributed by atoms with van der Waals surface area (Å²) in [6.45, 7) is 4.03. The molecule has 2 rings (SSSR count). The Hall–Kier alpha value is -2.53. The van der Waals surface area contributed by atoms with Crippen LogP contribution in [-0.2, 0) is 0 Å². The number of rotatable bonds is 5. The lowest BCUT2D eigenvalue weighted by Crippen LogP contribution is -2.18. The highest BCUT2D eigenvalue weighted by molar-refractivity contribution is 6.31. The number of nitrogens with one attached hydrogen (secondary N) is 1. The molecule has 0 aliphatic carbocycles. The first-order valence-corrected chi connectivity index (χ1v) is 7.45. The topological polar surface area (TPSA) is 70.9 Å². The number of benzene rings is 2. The Kier molecular flexibility index (Phi) is 5.60. The average Bonchev–Trinajstić information content (AvgIpc) is 2.53. The second-order valence-corrected chi connectivity index (χ2v) is 5.15. The lowest BCUT2D eigenvalue weighted by Gasteiger charge is -2.07. The molecule has 0 unspecified atom stereocenters. The maximum atomic E-state index is 12.1. The van der Waals surface area contributed by atoms with Gasteiger partial charge >= 0.3 is 0 Å². The van der Waals surface area contributed by atoms with Gasteiger partial charge in [0.1, 0.15) is 0 Å². The quantitative estimate of drug-likeness (QED) is 0.650. The number of phenols is 1. The van der Waals surface area contributed by atoms with Crippen LogP contribution in [0.5, 0.6) is 11.5 Å². The third-order valence-electron chi connectivity index (χ3n) is 3.21. The van der Waals surface area contributed by atoms with E-state index in [1.807, 2.05) is 6.92 Å². The maximum Gasteiger partial charge on any atom is 0.271 e. The van der Waals surface area contributed by atoms with Crippen molar-refractivity contribution < 1.29 is 14.6 Å². The molecule has 120 valence electrons. The number of carbonyl (C=O) groups is 1. The number of nitrogens with zero attached hydrogens (tertiary/aromatic N) is 1. The van der Waals surface area contributed by atoms with E-state index in [9.17, 15) is 9.90 Å². The van der Waals surface area contributed by atoms with Gasteiger partial charge in [-0.25, -0.2) is 5.43 Å². The second kappa shape index (κ2) is 7.65. The van der Waals surface area contributed by atoms with Crippen molar-refractivity contribution >= 4 is 23.7 Å². The van der Waals surface area contributed by atoms with Gasteiger partial charge in [0.2, 0.25) is 0 Å². The molecule has 5 nitrogen and oxygen atoms in total. The van der Waals surface area contributed by atoms with Crippen LogP contribution in [0, 0.1) is 6.92 Å². The Morgan fingerprint density at radius 1 is 1.35 bits per heavy atom. The Balaban J connectivity index is 2.11. The van der Waals surface area contributed by atoms with E-state index in [0.717, 1.165) is 0 Å². The van der Waals surface area contributed by atoms with E-state index in [1.165, 1.54) is 6.21 Å². The predicted octanol–water partition coefficient (Wildman–Crippen LogP) is 3.52. The molecule has 0 fully saturated rings. The molecule has 0 saturated carbocycles. The van der Waals surface area contributed by atoms with Crippen LogP contribution >= 0.6 is 11.6 Å². The minimum Gasteiger partial charge on any atom is -0.504 e. The molecule has 0 aliphatic heterocycles. The summed E-state index contributed by atoms with van der Waals surface area (Å²) >= 11 is 5.99. The van der Waals surface area contributed by atoms with E-state index in [1.54, 1.807) is 43.3 Å². The fraction of sp³-hybridized carbons (Fsp3) is 0.176. The molecule has 0 saturated heterocycles. The molecule has 23 heavy (non-hydrogen) atoms. The van der Waals surface area contributed by atoms with Gasteiger partial charge in [0.15, 0.2) is 11.5 Å². The number of aromatic hydroxyl groups is 1. The van der Waals surface area contributed by atoms with Crippen LogP contribution in [0.1, 0.15) is 28.4 Å². The van der Waals surface area contributed by atoms with Gasteiger partial charge in [-0.1, -0.05) is 23.7 Å². The van der Waals surface area contributed by atoms with E-state index in [0.29, 0.717) is 34.1 Å². The zero-order valence-electron chi connectivity index (χ0n) is 12.8. The molecule has 6 heteroatoms. The van der Waals surface area contributed by atoms with Crippen LogP contribution in [-0.4, -0.2) is 23.8 Å². The van der Waals surface area contributed by atoms with Gasteiger partial charge in [-0.3, -0.25) is 4.79 Å². The number of carbonyl (C=O) groups excluding carboxylic acids is 1. The fourth-order valence-electron chi connectivity index (χ4n) is 1.99. The van der Waals surface area contributed by atoms with Gasteiger partial charge in [-0.2, -0.15) is 5.10 Å². The molecule has 0 heterocycles. The molecular formula is C17H17ClN2O3. The molecular weight excluding hydrogens is 316 g/mol. The van der Waals surface area contributed by atoms with E-state index in [2.05, 4.69) is 10.5 Å². The number of phenolic OH excluding ortho intramolecular Hbond substituents is 1. The van der Waals surface area contributed by atoms with E-state index in [4.69, 9.17) is 16.3 Å². The molecule has 2 aromatic carbocycles. The van der Waals surface area contributed by atoms with Gasteiger partial charge in [0, 0.05) is 16.1 Å². The molecule has 0 bridgehead atoms. The Labute approximate surface area is 139 Å². The van der Waals surface area contributed by atoms with Crippen LogP contribution in [0.4, 0.5) is 0 Å². The van der Waals surface area contributed by atoms with Crippen molar-refractivity contribution in [3.63, 3.8) is 0 Å². The van der Waals surface area contributed by atoms with Crippen LogP contribution in [0.15, 0.2) is 41.5 Å². The first-order valence-electron chi connectivity index (χ1n) is 7.08.